The van der Waals surface area contributed by atoms with Crippen LogP contribution in [0.4, 0.5) is 5.69 Å². The Labute approximate surface area is 222 Å². The lowest BCUT2D eigenvalue weighted by molar-refractivity contribution is -0.123. The molecule has 7 nitrogen and oxygen atoms in total. The number of amides is 1. The van der Waals surface area contributed by atoms with E-state index in [1.54, 1.807) is 36.4 Å². The molecule has 0 spiro atoms. The molecule has 0 saturated carbocycles. The summed E-state index contributed by atoms with van der Waals surface area (Å²) in [6, 6.07) is 10.1. The molecule has 1 N–H and O–H groups in total. The van der Waals surface area contributed by atoms with Crippen LogP contribution in [0.25, 0.3) is 22.7 Å². The fourth-order valence-corrected chi connectivity index (χ4v) is 4.86. The topological polar surface area (TPSA) is 88.3 Å². The summed E-state index contributed by atoms with van der Waals surface area (Å²) in [4.78, 5) is 30.0. The summed E-state index contributed by atoms with van der Waals surface area (Å²) in [6.45, 7) is 1.78. The fourth-order valence-electron chi connectivity index (χ4n) is 4.03. The Morgan fingerprint density at radius 1 is 1.09 bits per heavy atom. The molecule has 2 aromatic heterocycles. The van der Waals surface area contributed by atoms with Crippen molar-refractivity contribution in [1.82, 2.24) is 15.5 Å². The van der Waals surface area contributed by atoms with Crippen molar-refractivity contribution in [2.75, 3.05) is 24.5 Å². The normalized spacial score (nSPS) is 14.3. The van der Waals surface area contributed by atoms with Gasteiger partial charge >= 0.3 is 0 Å². The highest BCUT2D eigenvalue weighted by molar-refractivity contribution is 6.54. The van der Waals surface area contributed by atoms with Crippen LogP contribution in [0.5, 0.6) is 0 Å². The number of Topliss-reactive ketones (excluding diaryl/α,β-unsaturated/α-hetero) is 1. The van der Waals surface area contributed by atoms with Crippen LogP contribution in [0.15, 0.2) is 47.1 Å². The van der Waals surface area contributed by atoms with E-state index in [2.05, 4.69) is 15.5 Å². The Kier molecular flexibility index (Phi) is 8.68. The summed E-state index contributed by atoms with van der Waals surface area (Å²) >= 11 is 24.4. The third-order valence-electron chi connectivity index (χ3n) is 5.87. The molecule has 184 valence electrons. The quantitative estimate of drug-likeness (QED) is 0.353. The Morgan fingerprint density at radius 2 is 1.80 bits per heavy atom. The number of carbonyl (C=O) groups is 2. The van der Waals surface area contributed by atoms with Gasteiger partial charge in [-0.25, -0.2) is 0 Å². The van der Waals surface area contributed by atoms with Crippen molar-refractivity contribution in [1.29, 1.82) is 0 Å². The predicted molar refractivity (Wildman–Crippen MR) is 138 cm³/mol. The van der Waals surface area contributed by atoms with Crippen molar-refractivity contribution in [3.05, 3.63) is 52.6 Å². The number of halogens is 4. The van der Waals surface area contributed by atoms with Crippen molar-refractivity contribution >= 4 is 63.8 Å². The molecule has 1 amide bonds. The maximum Gasteiger partial charge on any atom is 0.260 e. The molecule has 4 rings (SSSR count). The number of nitrogens with one attached hydrogen (secondary N) is 1. The van der Waals surface area contributed by atoms with Crippen LogP contribution < -0.4 is 10.2 Å². The van der Waals surface area contributed by atoms with Crippen molar-refractivity contribution < 1.29 is 14.1 Å². The molecule has 1 aliphatic rings. The minimum absolute atomic E-state index is 0.00625. The molecule has 0 atom stereocenters. The molecule has 11 heteroatoms. The van der Waals surface area contributed by atoms with Gasteiger partial charge in [-0.15, -0.1) is 0 Å². The Bertz CT molecular complexity index is 1190. The van der Waals surface area contributed by atoms with Crippen LogP contribution in [0.1, 0.15) is 19.3 Å². The van der Waals surface area contributed by atoms with Crippen molar-refractivity contribution in [3.8, 4) is 22.7 Å². The monoisotopic (exact) mass is 554 g/mol. The lowest BCUT2D eigenvalue weighted by Crippen LogP contribution is -2.38. The highest BCUT2D eigenvalue weighted by Gasteiger charge is 2.26. The molecule has 35 heavy (non-hydrogen) atoms. The first-order valence-electron chi connectivity index (χ1n) is 11.1. The average molecular weight is 556 g/mol. The van der Waals surface area contributed by atoms with E-state index < -0.39 is 10.7 Å². The summed E-state index contributed by atoms with van der Waals surface area (Å²) in [5, 5.41) is 8.19. The van der Waals surface area contributed by atoms with Crippen LogP contribution in [0, 0.1) is 5.92 Å². The number of carbonyl (C=O) groups excluding carboxylic acids is 2. The number of nitrogens with zero attached hydrogens (tertiary/aromatic N) is 3. The smallest absolute Gasteiger partial charge is 0.260 e. The van der Waals surface area contributed by atoms with Crippen molar-refractivity contribution in [2.24, 2.45) is 5.92 Å². The number of hydrogen-bond donors (Lipinski definition) is 1. The molecular weight excluding hydrogens is 534 g/mol. The second kappa shape index (κ2) is 11.7. The van der Waals surface area contributed by atoms with Gasteiger partial charge in [-0.2, -0.15) is 0 Å². The number of alkyl halides is 2. The average Bonchev–Trinajstić information content (AvgIpc) is 3.34. The minimum atomic E-state index is -1.28. The van der Waals surface area contributed by atoms with Crippen molar-refractivity contribution in [3.63, 3.8) is 0 Å². The lowest BCUT2D eigenvalue weighted by Gasteiger charge is -2.25. The van der Waals surface area contributed by atoms with Crippen LogP contribution in [-0.4, -0.2) is 46.3 Å². The van der Waals surface area contributed by atoms with Crippen molar-refractivity contribution in [2.45, 2.75) is 24.1 Å². The van der Waals surface area contributed by atoms with E-state index in [0.717, 1.165) is 25.9 Å². The number of rotatable bonds is 8. The molecule has 1 aromatic carbocycles. The molecule has 0 radical (unpaired) electrons. The summed E-state index contributed by atoms with van der Waals surface area (Å²) in [5.41, 5.74) is 1.90. The maximum atomic E-state index is 12.8. The fraction of sp³-hybridized carbons (Fsp3) is 0.333. The minimum Gasteiger partial charge on any atom is -0.354 e. The van der Waals surface area contributed by atoms with Gasteiger partial charge in [-0.1, -0.05) is 57.6 Å². The molecule has 1 saturated heterocycles. The number of anilines is 1. The van der Waals surface area contributed by atoms with Gasteiger partial charge < -0.3 is 14.7 Å². The van der Waals surface area contributed by atoms with E-state index >= 15 is 0 Å². The van der Waals surface area contributed by atoms with Gasteiger partial charge in [0.2, 0.25) is 0 Å². The largest absolute Gasteiger partial charge is 0.354 e. The van der Waals surface area contributed by atoms with Gasteiger partial charge in [0.05, 0.1) is 10.0 Å². The molecule has 1 fully saturated rings. The molecular formula is C24H22Cl4N4O3. The second-order valence-corrected chi connectivity index (χ2v) is 10.0. The zero-order valence-electron chi connectivity index (χ0n) is 18.5. The van der Waals surface area contributed by atoms with E-state index in [4.69, 9.17) is 50.9 Å². The van der Waals surface area contributed by atoms with E-state index in [1.807, 2.05) is 0 Å². The van der Waals surface area contributed by atoms with Gasteiger partial charge in [-0.05, 0) is 50.2 Å². The first-order chi connectivity index (χ1) is 16.8. The Hall–Kier alpha value is -2.16. The molecule has 3 heterocycles. The summed E-state index contributed by atoms with van der Waals surface area (Å²) in [7, 11) is 0. The predicted octanol–water partition coefficient (Wildman–Crippen LogP) is 5.81. The van der Waals surface area contributed by atoms with Crippen LogP contribution in [0.3, 0.4) is 0 Å². The third kappa shape index (κ3) is 6.16. The van der Waals surface area contributed by atoms with Crippen LogP contribution in [0.2, 0.25) is 10.0 Å². The van der Waals surface area contributed by atoms with Gasteiger partial charge in [0, 0.05) is 42.4 Å². The van der Waals surface area contributed by atoms with E-state index in [1.165, 1.54) is 11.1 Å². The second-order valence-electron chi connectivity index (χ2n) is 8.10. The number of aromatic nitrogens is 2. The third-order valence-corrected chi connectivity index (χ3v) is 6.87. The summed E-state index contributed by atoms with van der Waals surface area (Å²) in [5.74, 6) is -0.0574. The van der Waals surface area contributed by atoms with Gasteiger partial charge in [-0.3, -0.25) is 14.6 Å². The Morgan fingerprint density at radius 3 is 2.49 bits per heavy atom. The number of hydrogen-bond acceptors (Lipinski definition) is 6. The maximum absolute atomic E-state index is 12.8. The van der Waals surface area contributed by atoms with E-state index in [0.29, 0.717) is 38.4 Å². The Balaban J connectivity index is 1.57. The summed E-state index contributed by atoms with van der Waals surface area (Å²) < 4.78 is 5.49. The van der Waals surface area contributed by atoms with E-state index in [-0.39, 0.29) is 24.7 Å². The molecule has 0 aliphatic carbocycles. The van der Waals surface area contributed by atoms with Gasteiger partial charge in [0.15, 0.2) is 10.6 Å². The number of ketones is 1. The molecule has 1 aliphatic heterocycles. The SMILES string of the molecule is O=C(CCN(C(=O)C(Cl)Cl)c1ccnc(-c2cc(-c3c(Cl)cccc3Cl)no2)c1)C1CCNCC1. The number of piperidine rings is 1. The highest BCUT2D eigenvalue weighted by atomic mass is 35.5. The lowest BCUT2D eigenvalue weighted by atomic mass is 9.92. The summed E-state index contributed by atoms with van der Waals surface area (Å²) in [6.07, 6.45) is 3.32. The van der Waals surface area contributed by atoms with Gasteiger partial charge in [0.1, 0.15) is 17.2 Å². The first kappa shape index (κ1) is 25.9. The number of benzene rings is 1. The standard InChI is InChI=1S/C24H22Cl4N4O3/c25-16-2-1-3-17(26)22(16)19-13-21(35-31-19)18-12-15(6-10-30-18)32(24(34)23(27)28)11-7-20(33)14-4-8-29-9-5-14/h1-3,6,10,12-14,23,29H,4-5,7-9,11H2. The van der Waals surface area contributed by atoms with Crippen LogP contribution in [-0.2, 0) is 9.59 Å². The zero-order chi connectivity index (χ0) is 24.9. The highest BCUT2D eigenvalue weighted by Crippen LogP contribution is 2.36. The van der Waals surface area contributed by atoms with E-state index in [9.17, 15) is 9.59 Å². The molecule has 0 bridgehead atoms. The molecule has 0 unspecified atom stereocenters. The van der Waals surface area contributed by atoms with Gasteiger partial charge in [0.25, 0.3) is 5.91 Å². The zero-order valence-corrected chi connectivity index (χ0v) is 21.5. The number of pyridine rings is 1. The van der Waals surface area contributed by atoms with Crippen LogP contribution >= 0.6 is 46.4 Å². The molecule has 3 aromatic rings. The first-order valence-corrected chi connectivity index (χ1v) is 12.7.